The van der Waals surface area contributed by atoms with Crippen LogP contribution in [0.5, 0.6) is 0 Å². The lowest BCUT2D eigenvalue weighted by molar-refractivity contribution is -0.419. The molecule has 1 radical (unpaired) electrons. The number of carbonyl (C=O) groups excluding carboxylic acids is 1. The first-order chi connectivity index (χ1) is 17.6. The van der Waals surface area contributed by atoms with Crippen molar-refractivity contribution in [2.45, 2.75) is 66.6 Å². The Morgan fingerprint density at radius 2 is 1.97 bits per heavy atom. The minimum absolute atomic E-state index is 0.0982. The van der Waals surface area contributed by atoms with Gasteiger partial charge in [0.15, 0.2) is 11.4 Å². The van der Waals surface area contributed by atoms with Crippen molar-refractivity contribution in [2.24, 2.45) is 0 Å². The van der Waals surface area contributed by atoms with Crippen molar-refractivity contribution in [3.8, 4) is 0 Å². The number of amides is 1. The van der Waals surface area contributed by atoms with Gasteiger partial charge in [-0.2, -0.15) is 16.8 Å². The van der Waals surface area contributed by atoms with E-state index >= 15 is 0 Å². The molecule has 1 N–H and O–H groups in total. The van der Waals surface area contributed by atoms with Crippen molar-refractivity contribution in [2.75, 3.05) is 39.1 Å². The molecule has 1 aliphatic carbocycles. The van der Waals surface area contributed by atoms with E-state index in [1.165, 1.54) is 16.7 Å². The first-order valence-corrected chi connectivity index (χ1v) is 14.4. The van der Waals surface area contributed by atoms with E-state index in [1.807, 2.05) is 35.3 Å². The molecule has 3 unspecified atom stereocenters. The normalized spacial score (nSPS) is 31.5. The minimum atomic E-state index is -0.672. The molecule has 1 amide bonds. The number of aryl methyl sites for hydroxylation is 1. The van der Waals surface area contributed by atoms with Gasteiger partial charge in [-0.3, -0.25) is 9.63 Å². The lowest BCUT2D eigenvalue weighted by atomic mass is 9.66. The molecule has 0 spiro atoms. The first-order valence-electron chi connectivity index (χ1n) is 13.3. The molecule has 1 aromatic heterocycles. The maximum atomic E-state index is 13.0. The van der Waals surface area contributed by atoms with Crippen molar-refractivity contribution in [3.63, 3.8) is 0 Å². The molecule has 8 nitrogen and oxygen atoms in total. The Bertz CT molecular complexity index is 1160. The molecule has 4 saturated heterocycles. The van der Waals surface area contributed by atoms with Crippen LogP contribution in [0.2, 0.25) is 0 Å². The van der Waals surface area contributed by atoms with Gasteiger partial charge in [-0.15, -0.1) is 0 Å². The van der Waals surface area contributed by atoms with Crippen LogP contribution in [-0.2, 0) is 27.1 Å². The van der Waals surface area contributed by atoms with Crippen molar-refractivity contribution in [1.82, 2.24) is 25.2 Å². The van der Waals surface area contributed by atoms with Gasteiger partial charge in [0.2, 0.25) is 0 Å². The number of aromatic nitrogens is 2. The van der Waals surface area contributed by atoms with Gasteiger partial charge in [0, 0.05) is 55.5 Å². The fourth-order valence-electron chi connectivity index (χ4n) is 6.37. The summed E-state index contributed by atoms with van der Waals surface area (Å²) in [7, 11) is 1.92. The van der Waals surface area contributed by atoms with E-state index in [9.17, 15) is 4.79 Å². The van der Waals surface area contributed by atoms with Crippen LogP contribution in [0, 0.1) is 0 Å². The molecule has 2 bridgehead atoms. The number of thiol groups is 1. The number of rotatable bonds is 6. The van der Waals surface area contributed by atoms with E-state index in [0.717, 1.165) is 93.2 Å². The second-order valence-electron chi connectivity index (χ2n) is 10.8. The lowest BCUT2D eigenvalue weighted by Crippen LogP contribution is -2.77. The number of carbonyl (C=O) groups is 1. The van der Waals surface area contributed by atoms with E-state index < -0.39 is 11.1 Å². The Labute approximate surface area is 216 Å². The van der Waals surface area contributed by atoms with Crippen LogP contribution < -0.4 is 5.32 Å². The van der Waals surface area contributed by atoms with E-state index in [-0.39, 0.29) is 5.91 Å². The van der Waals surface area contributed by atoms with Crippen LogP contribution in [0.3, 0.4) is 0 Å². The van der Waals surface area contributed by atoms with Gasteiger partial charge in [-0.05, 0) is 62.0 Å². The molecule has 191 valence electrons. The van der Waals surface area contributed by atoms with Crippen LogP contribution in [0.15, 0.2) is 35.4 Å². The Morgan fingerprint density at radius 3 is 2.72 bits per heavy atom. The quantitative estimate of drug-likeness (QED) is 0.581. The number of nitrogens with one attached hydrogen (secondary N) is 1. The molecule has 9 heteroatoms. The molecule has 1 saturated carbocycles. The molecule has 5 fully saturated rings. The highest BCUT2D eigenvalue weighted by Gasteiger charge is 2.67. The van der Waals surface area contributed by atoms with Gasteiger partial charge in [0.1, 0.15) is 0 Å². The Balaban J connectivity index is 1.29. The summed E-state index contributed by atoms with van der Waals surface area (Å²) in [5.74, 6) is 1.99. The Morgan fingerprint density at radius 1 is 1.19 bits per heavy atom. The van der Waals surface area contributed by atoms with Gasteiger partial charge in [0.25, 0.3) is 5.91 Å². The SMILES string of the molecule is CN(C(=O)c1ccc(C2(NC3CCOCC3)CCN3CC2(c2ncc4c(n2)CC[SH]4)O3)cc1)C1CC1. The van der Waals surface area contributed by atoms with Crippen molar-refractivity contribution >= 4 is 17.7 Å². The summed E-state index contributed by atoms with van der Waals surface area (Å²) in [5, 5.41) is 6.12. The summed E-state index contributed by atoms with van der Waals surface area (Å²) in [6.45, 7) is 3.13. The van der Waals surface area contributed by atoms with Crippen LogP contribution in [-0.4, -0.2) is 77.0 Å². The molecule has 1 aromatic carbocycles. The maximum absolute atomic E-state index is 13.0. The lowest BCUT2D eigenvalue weighted by Gasteiger charge is -2.63. The first kappa shape index (κ1) is 23.1. The number of benzene rings is 1. The van der Waals surface area contributed by atoms with Crippen LogP contribution in [0.4, 0.5) is 0 Å². The fourth-order valence-corrected chi connectivity index (χ4v) is 7.42. The van der Waals surface area contributed by atoms with Crippen LogP contribution in [0.1, 0.15) is 59.5 Å². The predicted molar refractivity (Wildman–Crippen MR) is 137 cm³/mol. The molecule has 6 heterocycles. The van der Waals surface area contributed by atoms with Gasteiger partial charge in [0.05, 0.1) is 17.8 Å². The average molecular weight is 509 g/mol. The molecule has 3 atom stereocenters. The standard InChI is InChI=1S/C27H34N5O3S/c1-31(21-6-7-21)24(33)18-2-4-19(5-3-18)26(30-20-8-13-34-14-9-20)11-12-32-17-27(26,35-32)25-28-16-23-22(29-25)10-15-36-23/h2-5,16,20-21,30,36H,6-15,17H2,1H3. The van der Waals surface area contributed by atoms with Crippen LogP contribution >= 0.6 is 11.8 Å². The van der Waals surface area contributed by atoms with E-state index in [2.05, 4.69) is 17.4 Å². The third kappa shape index (κ3) is 3.62. The molecule has 36 heavy (non-hydrogen) atoms. The number of fused-ring (bicyclic) bond motifs is 3. The van der Waals surface area contributed by atoms with Gasteiger partial charge in [-0.25, -0.2) is 9.97 Å². The highest BCUT2D eigenvalue weighted by molar-refractivity contribution is 7.99. The average Bonchev–Trinajstić information content (AvgIpc) is 3.65. The summed E-state index contributed by atoms with van der Waals surface area (Å²) in [6.07, 6.45) is 8.04. The summed E-state index contributed by atoms with van der Waals surface area (Å²) in [6, 6.07) is 8.96. The van der Waals surface area contributed by atoms with Crippen molar-refractivity contribution in [3.05, 3.63) is 53.1 Å². The zero-order valence-electron chi connectivity index (χ0n) is 20.8. The van der Waals surface area contributed by atoms with Crippen molar-refractivity contribution < 1.29 is 14.4 Å². The number of nitrogens with zero attached hydrogens (tertiary/aromatic N) is 4. The predicted octanol–water partition coefficient (Wildman–Crippen LogP) is 2.60. The Kier molecular flexibility index (Phi) is 5.63. The second-order valence-corrected chi connectivity index (χ2v) is 12.1. The summed E-state index contributed by atoms with van der Waals surface area (Å²) >= 11 is 1.32. The molecule has 2 aromatic rings. The number of hydrogen-bond donors (Lipinski definition) is 2. The highest BCUT2D eigenvalue weighted by Crippen LogP contribution is 2.55. The minimum Gasteiger partial charge on any atom is -0.381 e. The van der Waals surface area contributed by atoms with E-state index in [1.54, 1.807) is 0 Å². The Hall–Kier alpha value is -2.04. The summed E-state index contributed by atoms with van der Waals surface area (Å²) < 4.78 is 5.67. The molecular weight excluding hydrogens is 474 g/mol. The van der Waals surface area contributed by atoms with Gasteiger partial charge in [-0.1, -0.05) is 12.1 Å². The smallest absolute Gasteiger partial charge is 0.253 e. The summed E-state index contributed by atoms with van der Waals surface area (Å²) in [4.78, 5) is 32.8. The third-order valence-electron chi connectivity index (χ3n) is 8.66. The molecule has 6 aliphatic rings. The number of piperidine rings is 1. The van der Waals surface area contributed by atoms with Gasteiger partial charge >= 0.3 is 0 Å². The molecular formula is C27H34N5O3S. The topological polar surface area (TPSA) is 79.8 Å². The second kappa shape index (κ2) is 8.77. The van der Waals surface area contributed by atoms with Crippen molar-refractivity contribution in [1.29, 1.82) is 0 Å². The zero-order valence-corrected chi connectivity index (χ0v) is 21.7. The maximum Gasteiger partial charge on any atom is 0.253 e. The number of hydrogen-bond acceptors (Lipinski definition) is 7. The monoisotopic (exact) mass is 508 g/mol. The fraction of sp³-hybridized carbons (Fsp3) is 0.593. The third-order valence-corrected chi connectivity index (χ3v) is 9.82. The molecule has 5 aliphatic heterocycles. The van der Waals surface area contributed by atoms with Gasteiger partial charge < -0.3 is 15.0 Å². The number of ether oxygens (including phenoxy) is 1. The number of hydroxylamine groups is 2. The van der Waals surface area contributed by atoms with E-state index in [4.69, 9.17) is 19.5 Å². The highest BCUT2D eigenvalue weighted by atomic mass is 32.2. The van der Waals surface area contributed by atoms with Crippen LogP contribution in [0.25, 0.3) is 0 Å². The molecule has 8 rings (SSSR count). The largest absolute Gasteiger partial charge is 0.381 e. The zero-order chi connectivity index (χ0) is 24.3. The van der Waals surface area contributed by atoms with E-state index in [0.29, 0.717) is 12.1 Å². The summed E-state index contributed by atoms with van der Waals surface area (Å²) in [5.41, 5.74) is 1.88.